The molecule has 1 heterocycles. The van der Waals surface area contributed by atoms with Gasteiger partial charge in [-0.15, -0.1) is 0 Å². The minimum atomic E-state index is -0.0607. The maximum Gasteiger partial charge on any atom is 0.188 e. The molecule has 1 atom stereocenters. The van der Waals surface area contributed by atoms with Crippen LogP contribution in [0.1, 0.15) is 12.6 Å². The van der Waals surface area contributed by atoms with Gasteiger partial charge in [0.25, 0.3) is 0 Å². The summed E-state index contributed by atoms with van der Waals surface area (Å²) >= 11 is 1.45. The molecule has 4 N–H and O–H groups in total. The van der Waals surface area contributed by atoms with E-state index in [0.29, 0.717) is 10.9 Å². The van der Waals surface area contributed by atoms with Gasteiger partial charge < -0.3 is 10.8 Å². The fraction of sp³-hybridized carbons (Fsp3) is 0.444. The second-order valence-corrected chi connectivity index (χ2v) is 4.22. The molecule has 0 saturated heterocycles. The van der Waals surface area contributed by atoms with Gasteiger partial charge in [-0.1, -0.05) is 18.7 Å². The summed E-state index contributed by atoms with van der Waals surface area (Å²) in [5.41, 5.74) is 5.74. The predicted octanol–water partition coefficient (Wildman–Crippen LogP) is 0.481. The lowest BCUT2D eigenvalue weighted by molar-refractivity contribution is 0.250. The number of hydrogen-bond donors (Lipinski definition) is 3. The molecule has 1 rings (SSSR count). The minimum absolute atomic E-state index is 0.0607. The predicted molar refractivity (Wildman–Crippen MR) is 60.0 cm³/mol. The van der Waals surface area contributed by atoms with Gasteiger partial charge in [-0.2, -0.15) is 0 Å². The van der Waals surface area contributed by atoms with E-state index in [9.17, 15) is 0 Å². The van der Waals surface area contributed by atoms with Gasteiger partial charge in [0.2, 0.25) is 0 Å². The standard InChI is InChI=1S/C9H14N4OS/c1-6(4-14)5-15-9-12-3-2-7(13-9)8(10)11/h2-3,6,14H,4-5H2,1H3,(H3,10,11). The topological polar surface area (TPSA) is 95.9 Å². The Balaban J connectivity index is 2.62. The van der Waals surface area contributed by atoms with Crippen LogP contribution in [0.4, 0.5) is 0 Å². The molecule has 5 nitrogen and oxygen atoms in total. The number of aliphatic hydroxyl groups is 1. The Morgan fingerprint density at radius 2 is 2.47 bits per heavy atom. The Hall–Kier alpha value is -1.14. The van der Waals surface area contributed by atoms with Gasteiger partial charge in [0, 0.05) is 18.6 Å². The van der Waals surface area contributed by atoms with Crippen molar-refractivity contribution in [3.05, 3.63) is 18.0 Å². The zero-order valence-electron chi connectivity index (χ0n) is 8.47. The molecule has 0 aliphatic rings. The first kappa shape index (κ1) is 11.9. The Kier molecular flexibility index (Phi) is 4.51. The summed E-state index contributed by atoms with van der Waals surface area (Å²) in [5.74, 6) is 0.895. The summed E-state index contributed by atoms with van der Waals surface area (Å²) in [4.78, 5) is 8.15. The van der Waals surface area contributed by atoms with Crippen molar-refractivity contribution in [3.8, 4) is 0 Å². The Morgan fingerprint density at radius 3 is 3.07 bits per heavy atom. The number of nitrogens with zero attached hydrogens (tertiary/aromatic N) is 2. The largest absolute Gasteiger partial charge is 0.396 e. The smallest absolute Gasteiger partial charge is 0.188 e. The zero-order valence-corrected chi connectivity index (χ0v) is 9.29. The molecule has 0 aliphatic heterocycles. The maximum atomic E-state index is 8.85. The van der Waals surface area contributed by atoms with Crippen LogP contribution in [0, 0.1) is 11.3 Å². The van der Waals surface area contributed by atoms with Crippen LogP contribution in [0.3, 0.4) is 0 Å². The van der Waals surface area contributed by atoms with Crippen LogP contribution < -0.4 is 5.73 Å². The van der Waals surface area contributed by atoms with Crippen molar-refractivity contribution in [1.82, 2.24) is 9.97 Å². The molecule has 82 valence electrons. The SMILES string of the molecule is CC(CO)CSc1nccc(C(=N)N)n1. The van der Waals surface area contributed by atoms with Gasteiger partial charge in [-0.05, 0) is 12.0 Å². The van der Waals surface area contributed by atoms with Crippen LogP contribution >= 0.6 is 11.8 Å². The summed E-state index contributed by atoms with van der Waals surface area (Å²) in [5, 5.41) is 16.7. The summed E-state index contributed by atoms with van der Waals surface area (Å²) in [6.45, 7) is 2.10. The van der Waals surface area contributed by atoms with Gasteiger partial charge in [-0.25, -0.2) is 9.97 Å². The highest BCUT2D eigenvalue weighted by molar-refractivity contribution is 7.99. The van der Waals surface area contributed by atoms with Crippen molar-refractivity contribution in [2.45, 2.75) is 12.1 Å². The van der Waals surface area contributed by atoms with Crippen molar-refractivity contribution < 1.29 is 5.11 Å². The molecule has 0 radical (unpaired) electrons. The molecule has 15 heavy (non-hydrogen) atoms. The molecule has 0 fully saturated rings. The molecule has 1 aromatic rings. The number of nitrogen functional groups attached to an aromatic ring is 1. The van der Waals surface area contributed by atoms with Crippen molar-refractivity contribution >= 4 is 17.6 Å². The first-order valence-electron chi connectivity index (χ1n) is 4.54. The van der Waals surface area contributed by atoms with Crippen LogP contribution in [0.2, 0.25) is 0 Å². The number of aliphatic hydroxyl groups excluding tert-OH is 1. The second kappa shape index (κ2) is 5.67. The summed E-state index contributed by atoms with van der Waals surface area (Å²) in [6, 6.07) is 1.60. The number of thioether (sulfide) groups is 1. The third-order valence-corrected chi connectivity index (χ3v) is 2.91. The van der Waals surface area contributed by atoms with Gasteiger partial charge in [0.05, 0.1) is 0 Å². The van der Waals surface area contributed by atoms with E-state index in [1.165, 1.54) is 11.8 Å². The van der Waals surface area contributed by atoms with Crippen molar-refractivity contribution in [2.75, 3.05) is 12.4 Å². The molecular weight excluding hydrogens is 212 g/mol. The third-order valence-electron chi connectivity index (χ3n) is 1.72. The molecule has 0 amide bonds. The van der Waals surface area contributed by atoms with Gasteiger partial charge in [0.1, 0.15) is 11.5 Å². The minimum Gasteiger partial charge on any atom is -0.396 e. The number of rotatable bonds is 5. The number of hydrogen-bond acceptors (Lipinski definition) is 5. The van der Waals surface area contributed by atoms with Crippen LogP contribution in [0.25, 0.3) is 0 Å². The van der Waals surface area contributed by atoms with Gasteiger partial charge in [0.15, 0.2) is 5.16 Å². The molecular formula is C9H14N4OS. The summed E-state index contributed by atoms with van der Waals surface area (Å²) < 4.78 is 0. The summed E-state index contributed by atoms with van der Waals surface area (Å²) in [7, 11) is 0. The molecule has 0 aliphatic carbocycles. The van der Waals surface area contributed by atoms with Crippen LogP contribution in [-0.4, -0.2) is 33.3 Å². The lowest BCUT2D eigenvalue weighted by Crippen LogP contribution is -2.13. The molecule has 0 spiro atoms. The van der Waals surface area contributed by atoms with E-state index in [-0.39, 0.29) is 18.4 Å². The van der Waals surface area contributed by atoms with Crippen LogP contribution in [-0.2, 0) is 0 Å². The van der Waals surface area contributed by atoms with Crippen LogP contribution in [0.5, 0.6) is 0 Å². The van der Waals surface area contributed by atoms with E-state index in [1.54, 1.807) is 12.3 Å². The highest BCUT2D eigenvalue weighted by Crippen LogP contribution is 2.15. The number of nitrogens with one attached hydrogen (secondary N) is 1. The quantitative estimate of drug-likeness (QED) is 0.294. The maximum absolute atomic E-state index is 8.85. The highest BCUT2D eigenvalue weighted by atomic mass is 32.2. The second-order valence-electron chi connectivity index (χ2n) is 3.24. The van der Waals surface area contributed by atoms with E-state index in [0.717, 1.165) is 5.75 Å². The average molecular weight is 226 g/mol. The molecule has 0 saturated carbocycles. The van der Waals surface area contributed by atoms with E-state index in [1.807, 2.05) is 6.92 Å². The first-order valence-corrected chi connectivity index (χ1v) is 5.53. The molecule has 1 aromatic heterocycles. The van der Waals surface area contributed by atoms with Crippen molar-refractivity contribution in [1.29, 1.82) is 5.41 Å². The Labute approximate surface area is 92.6 Å². The van der Waals surface area contributed by atoms with Crippen molar-refractivity contribution in [3.63, 3.8) is 0 Å². The monoisotopic (exact) mass is 226 g/mol. The third kappa shape index (κ3) is 3.85. The normalized spacial score (nSPS) is 12.4. The number of nitrogens with two attached hydrogens (primary N) is 1. The van der Waals surface area contributed by atoms with E-state index in [2.05, 4.69) is 9.97 Å². The molecule has 6 heteroatoms. The fourth-order valence-corrected chi connectivity index (χ4v) is 1.67. The number of aromatic nitrogens is 2. The lowest BCUT2D eigenvalue weighted by atomic mass is 10.2. The van der Waals surface area contributed by atoms with Gasteiger partial charge >= 0.3 is 0 Å². The van der Waals surface area contributed by atoms with E-state index >= 15 is 0 Å². The highest BCUT2D eigenvalue weighted by Gasteiger charge is 2.05. The Morgan fingerprint density at radius 1 is 1.73 bits per heavy atom. The molecule has 0 aromatic carbocycles. The van der Waals surface area contributed by atoms with E-state index < -0.39 is 0 Å². The molecule has 0 bridgehead atoms. The van der Waals surface area contributed by atoms with E-state index in [4.69, 9.17) is 16.2 Å². The lowest BCUT2D eigenvalue weighted by Gasteiger charge is -2.06. The molecule has 1 unspecified atom stereocenters. The van der Waals surface area contributed by atoms with Crippen LogP contribution in [0.15, 0.2) is 17.4 Å². The first-order chi connectivity index (χ1) is 7.13. The summed E-state index contributed by atoms with van der Waals surface area (Å²) in [6.07, 6.45) is 1.58. The van der Waals surface area contributed by atoms with Crippen molar-refractivity contribution in [2.24, 2.45) is 11.7 Å². The fourth-order valence-electron chi connectivity index (χ4n) is 0.830. The number of amidine groups is 1. The Bertz CT molecular complexity index is 345. The average Bonchev–Trinajstić information content (AvgIpc) is 2.26. The van der Waals surface area contributed by atoms with Gasteiger partial charge in [-0.3, -0.25) is 5.41 Å². The zero-order chi connectivity index (χ0) is 11.3.